The Morgan fingerprint density at radius 1 is 1.00 bits per heavy atom. The molecule has 0 saturated carbocycles. The average molecular weight is 405 g/mol. The summed E-state index contributed by atoms with van der Waals surface area (Å²) in [5, 5.41) is 16.2. The van der Waals surface area contributed by atoms with Crippen LogP contribution in [0.25, 0.3) is 0 Å². The number of aliphatic imine (C=N–C) groups is 1. The van der Waals surface area contributed by atoms with E-state index in [0.717, 1.165) is 34.4 Å². The smallest absolute Gasteiger partial charge is 0.260 e. The molecule has 0 atom stereocenters. The summed E-state index contributed by atoms with van der Waals surface area (Å²) in [7, 11) is 0. The zero-order valence-electron chi connectivity index (χ0n) is 15.6. The van der Waals surface area contributed by atoms with Crippen LogP contribution in [0.3, 0.4) is 0 Å². The van der Waals surface area contributed by atoms with Crippen LogP contribution in [0.5, 0.6) is 0 Å². The number of nitrogens with one attached hydrogen (secondary N) is 1. The van der Waals surface area contributed by atoms with Crippen molar-refractivity contribution in [3.63, 3.8) is 0 Å². The normalized spacial score (nSPS) is 12.9. The summed E-state index contributed by atoms with van der Waals surface area (Å²) in [6, 6.07) is 19.8. The molecule has 0 bridgehead atoms. The number of hydrazone groups is 1. The van der Waals surface area contributed by atoms with E-state index < -0.39 is 4.92 Å². The quantitative estimate of drug-likeness (QED) is 0.476. The molecule has 29 heavy (non-hydrogen) atoms. The third-order valence-corrected chi connectivity index (χ3v) is 4.95. The van der Waals surface area contributed by atoms with Crippen molar-refractivity contribution >= 4 is 34.5 Å². The molecule has 1 heterocycles. The Bertz CT molecular complexity index is 1140. The van der Waals surface area contributed by atoms with Crippen molar-refractivity contribution < 1.29 is 4.92 Å². The highest BCUT2D eigenvalue weighted by molar-refractivity contribution is 6.30. The zero-order valence-corrected chi connectivity index (χ0v) is 16.3. The van der Waals surface area contributed by atoms with Crippen LogP contribution in [0, 0.1) is 10.1 Å². The Morgan fingerprint density at radius 3 is 2.34 bits per heavy atom. The van der Waals surface area contributed by atoms with Gasteiger partial charge in [0.1, 0.15) is 0 Å². The molecule has 1 aliphatic heterocycles. The Kier molecular flexibility index (Phi) is 5.10. The minimum absolute atomic E-state index is 0.0385. The lowest BCUT2D eigenvalue weighted by atomic mass is 9.98. The predicted octanol–water partition coefficient (Wildman–Crippen LogP) is 5.24. The molecule has 0 unspecified atom stereocenters. The van der Waals surface area contributed by atoms with Crippen LogP contribution >= 0.6 is 11.6 Å². The van der Waals surface area contributed by atoms with E-state index in [4.69, 9.17) is 16.6 Å². The number of nitro benzene ring substituents is 1. The van der Waals surface area contributed by atoms with Gasteiger partial charge in [-0.3, -0.25) is 15.5 Å². The van der Waals surface area contributed by atoms with Gasteiger partial charge in [-0.25, -0.2) is 4.99 Å². The number of rotatable bonds is 4. The highest BCUT2D eigenvalue weighted by Gasteiger charge is 2.18. The Balaban J connectivity index is 1.83. The molecule has 0 fully saturated rings. The summed E-state index contributed by atoms with van der Waals surface area (Å²) >= 11 is 6.00. The lowest BCUT2D eigenvalue weighted by molar-refractivity contribution is -0.384. The van der Waals surface area contributed by atoms with Gasteiger partial charge in [0.2, 0.25) is 0 Å². The van der Waals surface area contributed by atoms with E-state index in [1.165, 1.54) is 12.1 Å². The van der Waals surface area contributed by atoms with Crippen LogP contribution in [0.1, 0.15) is 29.2 Å². The predicted molar refractivity (Wildman–Crippen MR) is 115 cm³/mol. The number of fused-ring (bicyclic) bond motifs is 1. The molecule has 144 valence electrons. The standard InChI is InChI=1S/C22H17ClN4O2/c1-2-14-3-12-20-19(13-14)21(15-6-10-18(11-7-15)27(28)29)25-26-22(24-20)16-4-8-17(23)9-5-16/h3-13H,2H2,1H3,(H,24,26). The highest BCUT2D eigenvalue weighted by Crippen LogP contribution is 2.28. The van der Waals surface area contributed by atoms with E-state index in [-0.39, 0.29) is 5.69 Å². The second-order valence-electron chi connectivity index (χ2n) is 6.55. The van der Waals surface area contributed by atoms with Crippen LogP contribution in [0.15, 0.2) is 76.8 Å². The van der Waals surface area contributed by atoms with Crippen LogP contribution in [0.2, 0.25) is 5.02 Å². The lowest BCUT2D eigenvalue weighted by Gasteiger charge is -2.09. The maximum absolute atomic E-state index is 11.0. The van der Waals surface area contributed by atoms with E-state index in [1.54, 1.807) is 24.3 Å². The average Bonchev–Trinajstić information content (AvgIpc) is 2.93. The van der Waals surface area contributed by atoms with Crippen LogP contribution in [-0.2, 0) is 6.42 Å². The molecule has 0 aliphatic carbocycles. The molecule has 0 aromatic heterocycles. The third-order valence-electron chi connectivity index (χ3n) is 4.70. The van der Waals surface area contributed by atoms with Crippen molar-refractivity contribution in [1.29, 1.82) is 0 Å². The number of amidine groups is 1. The molecule has 1 N–H and O–H groups in total. The first-order chi connectivity index (χ1) is 14.0. The van der Waals surface area contributed by atoms with Gasteiger partial charge in [0.05, 0.1) is 16.3 Å². The summed E-state index contributed by atoms with van der Waals surface area (Å²) < 4.78 is 0. The van der Waals surface area contributed by atoms with Crippen LogP contribution in [0.4, 0.5) is 11.4 Å². The van der Waals surface area contributed by atoms with Gasteiger partial charge >= 0.3 is 0 Å². The summed E-state index contributed by atoms with van der Waals surface area (Å²) in [6.45, 7) is 2.09. The van der Waals surface area contributed by atoms with E-state index >= 15 is 0 Å². The van der Waals surface area contributed by atoms with Crippen molar-refractivity contribution in [2.24, 2.45) is 10.1 Å². The lowest BCUT2D eigenvalue weighted by Crippen LogP contribution is -2.19. The minimum Gasteiger partial charge on any atom is -0.260 e. The number of non-ortho nitro benzene ring substituents is 1. The van der Waals surface area contributed by atoms with Crippen molar-refractivity contribution in [2.45, 2.75) is 13.3 Å². The Morgan fingerprint density at radius 2 is 1.69 bits per heavy atom. The number of hydrogen-bond donors (Lipinski definition) is 1. The van der Waals surface area contributed by atoms with Gasteiger partial charge in [-0.05, 0) is 60.5 Å². The van der Waals surface area contributed by atoms with Gasteiger partial charge in [-0.2, -0.15) is 5.10 Å². The number of nitrogens with zero attached hydrogens (tertiary/aromatic N) is 3. The second kappa shape index (κ2) is 7.85. The summed E-state index contributed by atoms with van der Waals surface area (Å²) in [5.74, 6) is 0.601. The molecular weight excluding hydrogens is 388 g/mol. The Hall–Kier alpha value is -3.51. The van der Waals surface area contributed by atoms with Crippen molar-refractivity contribution in [2.75, 3.05) is 0 Å². The zero-order chi connectivity index (χ0) is 20.4. The van der Waals surface area contributed by atoms with Gasteiger partial charge in [0.25, 0.3) is 5.69 Å². The third kappa shape index (κ3) is 3.88. The first-order valence-corrected chi connectivity index (χ1v) is 9.49. The largest absolute Gasteiger partial charge is 0.269 e. The molecule has 3 aromatic rings. The van der Waals surface area contributed by atoms with Gasteiger partial charge in [-0.1, -0.05) is 24.6 Å². The van der Waals surface area contributed by atoms with Crippen LogP contribution < -0.4 is 5.43 Å². The van der Waals surface area contributed by atoms with Crippen molar-refractivity contribution in [3.05, 3.63) is 104 Å². The number of benzene rings is 3. The van der Waals surface area contributed by atoms with E-state index in [1.807, 2.05) is 24.3 Å². The number of hydrogen-bond acceptors (Lipinski definition) is 5. The van der Waals surface area contributed by atoms with E-state index in [0.29, 0.717) is 16.6 Å². The first kappa shape index (κ1) is 18.8. The van der Waals surface area contributed by atoms with Gasteiger partial charge < -0.3 is 0 Å². The fourth-order valence-electron chi connectivity index (χ4n) is 3.10. The molecule has 0 radical (unpaired) electrons. The molecule has 0 amide bonds. The fraction of sp³-hybridized carbons (Fsp3) is 0.0909. The van der Waals surface area contributed by atoms with Crippen molar-refractivity contribution in [3.8, 4) is 0 Å². The molecule has 0 spiro atoms. The molecule has 1 aliphatic rings. The van der Waals surface area contributed by atoms with Gasteiger partial charge in [0, 0.05) is 33.8 Å². The summed E-state index contributed by atoms with van der Waals surface area (Å²) in [5.41, 5.74) is 8.19. The second-order valence-corrected chi connectivity index (χ2v) is 6.98. The number of nitro groups is 1. The first-order valence-electron chi connectivity index (χ1n) is 9.11. The van der Waals surface area contributed by atoms with E-state index in [2.05, 4.69) is 23.5 Å². The molecular formula is C22H17ClN4O2. The fourth-order valence-corrected chi connectivity index (χ4v) is 3.23. The van der Waals surface area contributed by atoms with Crippen molar-refractivity contribution in [1.82, 2.24) is 5.43 Å². The summed E-state index contributed by atoms with van der Waals surface area (Å²) in [4.78, 5) is 15.3. The van der Waals surface area contributed by atoms with Crippen LogP contribution in [-0.4, -0.2) is 16.5 Å². The highest BCUT2D eigenvalue weighted by atomic mass is 35.5. The molecule has 3 aromatic carbocycles. The Labute approximate surface area is 172 Å². The molecule has 7 heteroatoms. The van der Waals surface area contributed by atoms with E-state index in [9.17, 15) is 10.1 Å². The molecule has 0 saturated heterocycles. The topological polar surface area (TPSA) is 79.9 Å². The monoisotopic (exact) mass is 404 g/mol. The molecule has 6 nitrogen and oxygen atoms in total. The summed E-state index contributed by atoms with van der Waals surface area (Å²) in [6.07, 6.45) is 0.877. The number of halogens is 1. The maximum Gasteiger partial charge on any atom is 0.269 e. The van der Waals surface area contributed by atoms with Gasteiger partial charge in [0.15, 0.2) is 5.84 Å². The minimum atomic E-state index is -0.415. The number of aryl methyl sites for hydroxylation is 1. The maximum atomic E-state index is 11.0. The SMILES string of the molecule is CCc1ccc2c(c1)C(c1ccc([N+](=O)[O-])cc1)=NNC(c1ccc(Cl)cc1)=N2. The molecule has 4 rings (SSSR count). The van der Waals surface area contributed by atoms with Gasteiger partial charge in [-0.15, -0.1) is 0 Å².